The second kappa shape index (κ2) is 7.48. The Hall–Kier alpha value is -2.74. The maximum Gasteiger partial charge on any atom is 0.228 e. The highest BCUT2D eigenvalue weighted by Gasteiger charge is 2.44. The number of nitrogens with zero attached hydrogens (tertiary/aromatic N) is 1. The molecule has 0 atom stereocenters. The van der Waals surface area contributed by atoms with Gasteiger partial charge in [0, 0.05) is 0 Å². The fourth-order valence-corrected chi connectivity index (χ4v) is 3.78. The van der Waals surface area contributed by atoms with Crippen LogP contribution in [0.4, 0.5) is 8.78 Å². The van der Waals surface area contributed by atoms with Crippen LogP contribution in [0.3, 0.4) is 0 Å². The zero-order valence-electron chi connectivity index (χ0n) is 15.1. The summed E-state index contributed by atoms with van der Waals surface area (Å²) < 4.78 is 25.9. The molecule has 0 unspecified atom stereocenters. The molecular formula is C22H22F2N2O. The SMILES string of the molecule is N#CC1(c2cccc(F)c2)CCC1.NC(=O)C1(c2cccc(F)c2)CCC1. The molecular weight excluding hydrogens is 346 g/mol. The van der Waals surface area contributed by atoms with Gasteiger partial charge in [0.15, 0.2) is 0 Å². The molecule has 0 aliphatic heterocycles. The van der Waals surface area contributed by atoms with Gasteiger partial charge in [-0.15, -0.1) is 0 Å². The predicted octanol–water partition coefficient (Wildman–Crippen LogP) is 4.50. The summed E-state index contributed by atoms with van der Waals surface area (Å²) in [5.74, 6) is -0.900. The zero-order valence-corrected chi connectivity index (χ0v) is 15.1. The first-order valence-electron chi connectivity index (χ1n) is 9.15. The van der Waals surface area contributed by atoms with E-state index in [9.17, 15) is 13.6 Å². The Bertz CT molecular complexity index is 880. The summed E-state index contributed by atoms with van der Waals surface area (Å²) >= 11 is 0. The van der Waals surface area contributed by atoms with Crippen molar-refractivity contribution in [1.29, 1.82) is 5.26 Å². The van der Waals surface area contributed by atoms with E-state index in [2.05, 4.69) is 6.07 Å². The van der Waals surface area contributed by atoms with Gasteiger partial charge in [0.2, 0.25) is 5.91 Å². The molecule has 0 saturated heterocycles. The summed E-state index contributed by atoms with van der Waals surface area (Å²) in [6, 6.07) is 14.9. The van der Waals surface area contributed by atoms with Crippen LogP contribution in [-0.4, -0.2) is 5.91 Å². The van der Waals surface area contributed by atoms with Gasteiger partial charge in [-0.1, -0.05) is 30.7 Å². The molecule has 3 nitrogen and oxygen atoms in total. The van der Waals surface area contributed by atoms with Crippen molar-refractivity contribution in [3.8, 4) is 6.07 Å². The van der Waals surface area contributed by atoms with E-state index in [1.54, 1.807) is 18.2 Å². The van der Waals surface area contributed by atoms with Gasteiger partial charge < -0.3 is 5.73 Å². The summed E-state index contributed by atoms with van der Waals surface area (Å²) in [7, 11) is 0. The molecule has 0 radical (unpaired) electrons. The number of carbonyl (C=O) groups is 1. The van der Waals surface area contributed by atoms with Crippen LogP contribution in [0, 0.1) is 23.0 Å². The smallest absolute Gasteiger partial charge is 0.228 e. The van der Waals surface area contributed by atoms with Crippen molar-refractivity contribution in [2.24, 2.45) is 5.73 Å². The van der Waals surface area contributed by atoms with Gasteiger partial charge in [-0.3, -0.25) is 4.79 Å². The Balaban J connectivity index is 0.000000156. The molecule has 2 N–H and O–H groups in total. The Kier molecular flexibility index (Phi) is 5.27. The van der Waals surface area contributed by atoms with E-state index in [-0.39, 0.29) is 23.0 Å². The number of carbonyl (C=O) groups excluding carboxylic acids is 1. The van der Waals surface area contributed by atoms with Gasteiger partial charge in [0.1, 0.15) is 11.6 Å². The van der Waals surface area contributed by atoms with Crippen LogP contribution in [0.25, 0.3) is 0 Å². The number of nitrogens with two attached hydrogens (primary N) is 1. The lowest BCUT2D eigenvalue weighted by Crippen LogP contribution is -2.46. The molecule has 2 aromatic carbocycles. The second-order valence-corrected chi connectivity index (χ2v) is 7.37. The summed E-state index contributed by atoms with van der Waals surface area (Å²) in [6.45, 7) is 0. The van der Waals surface area contributed by atoms with Crippen LogP contribution in [0.2, 0.25) is 0 Å². The molecule has 2 aliphatic rings. The highest BCUT2D eigenvalue weighted by molar-refractivity contribution is 5.87. The van der Waals surface area contributed by atoms with E-state index in [1.807, 2.05) is 6.07 Å². The van der Waals surface area contributed by atoms with E-state index in [4.69, 9.17) is 11.0 Å². The largest absolute Gasteiger partial charge is 0.369 e. The summed E-state index contributed by atoms with van der Waals surface area (Å²) in [6.07, 6.45) is 5.28. The van der Waals surface area contributed by atoms with Gasteiger partial charge in [0.05, 0.1) is 16.9 Å². The molecule has 0 aromatic heterocycles. The van der Waals surface area contributed by atoms with Gasteiger partial charge in [-0.25, -0.2) is 8.78 Å². The van der Waals surface area contributed by atoms with Crippen molar-refractivity contribution >= 4 is 5.91 Å². The van der Waals surface area contributed by atoms with Crippen molar-refractivity contribution in [2.75, 3.05) is 0 Å². The van der Waals surface area contributed by atoms with Crippen molar-refractivity contribution in [3.05, 3.63) is 71.3 Å². The maximum atomic E-state index is 13.0. The highest BCUT2D eigenvalue weighted by Crippen LogP contribution is 2.44. The topological polar surface area (TPSA) is 66.9 Å². The Morgan fingerprint density at radius 2 is 1.44 bits per heavy atom. The van der Waals surface area contributed by atoms with E-state index in [0.29, 0.717) is 0 Å². The van der Waals surface area contributed by atoms with Crippen LogP contribution in [0.15, 0.2) is 48.5 Å². The second-order valence-electron chi connectivity index (χ2n) is 7.37. The number of nitriles is 1. The third-order valence-corrected chi connectivity index (χ3v) is 5.85. The van der Waals surface area contributed by atoms with E-state index in [0.717, 1.165) is 49.7 Å². The third-order valence-electron chi connectivity index (χ3n) is 5.85. The molecule has 2 aromatic rings. The molecule has 4 rings (SSSR count). The molecule has 0 heterocycles. The molecule has 2 aliphatic carbocycles. The summed E-state index contributed by atoms with van der Waals surface area (Å²) in [5, 5.41) is 9.01. The fourth-order valence-electron chi connectivity index (χ4n) is 3.78. The van der Waals surface area contributed by atoms with E-state index < -0.39 is 5.41 Å². The number of hydrogen-bond donors (Lipinski definition) is 1. The minimum Gasteiger partial charge on any atom is -0.369 e. The van der Waals surface area contributed by atoms with E-state index in [1.165, 1.54) is 24.3 Å². The molecule has 2 fully saturated rings. The molecule has 0 bridgehead atoms. The zero-order chi connectivity index (χ0) is 19.5. The number of rotatable bonds is 3. The number of benzene rings is 2. The molecule has 5 heteroatoms. The average molecular weight is 368 g/mol. The highest BCUT2D eigenvalue weighted by atomic mass is 19.1. The van der Waals surface area contributed by atoms with Crippen molar-refractivity contribution in [1.82, 2.24) is 0 Å². The lowest BCUT2D eigenvalue weighted by molar-refractivity contribution is -0.126. The minimum absolute atomic E-state index is 0.251. The first-order valence-corrected chi connectivity index (χ1v) is 9.15. The van der Waals surface area contributed by atoms with Crippen molar-refractivity contribution in [3.63, 3.8) is 0 Å². The quantitative estimate of drug-likeness (QED) is 0.866. The molecule has 0 spiro atoms. The minimum atomic E-state index is -0.595. The first-order chi connectivity index (χ1) is 12.9. The Morgan fingerprint density at radius 1 is 0.926 bits per heavy atom. The predicted molar refractivity (Wildman–Crippen MR) is 98.7 cm³/mol. The van der Waals surface area contributed by atoms with Crippen LogP contribution < -0.4 is 5.73 Å². The number of primary amides is 1. The van der Waals surface area contributed by atoms with Crippen LogP contribution in [-0.2, 0) is 15.6 Å². The first kappa shape index (κ1) is 19.0. The van der Waals surface area contributed by atoms with Gasteiger partial charge in [-0.05, 0) is 67.5 Å². The normalized spacial score (nSPS) is 18.7. The van der Waals surface area contributed by atoms with Gasteiger partial charge >= 0.3 is 0 Å². The lowest BCUT2D eigenvalue weighted by atomic mass is 9.64. The van der Waals surface area contributed by atoms with Gasteiger partial charge in [0.25, 0.3) is 0 Å². The molecule has 2 saturated carbocycles. The fraction of sp³-hybridized carbons (Fsp3) is 0.364. The standard InChI is InChI=1S/C11H12FNO.C11H10FN/c12-9-4-1-3-8(7-9)11(10(13)14)5-2-6-11;12-10-4-1-3-9(7-10)11(8-13)5-2-6-11/h1,3-4,7H,2,5-6H2,(H2,13,14);1,3-4,7H,2,5-6H2. The number of halogens is 2. The molecule has 27 heavy (non-hydrogen) atoms. The summed E-state index contributed by atoms with van der Waals surface area (Å²) in [5.41, 5.74) is 5.92. The monoisotopic (exact) mass is 368 g/mol. The Morgan fingerprint density at radius 3 is 1.81 bits per heavy atom. The third kappa shape index (κ3) is 3.57. The number of amides is 1. The summed E-state index contributed by atoms with van der Waals surface area (Å²) in [4.78, 5) is 11.3. The van der Waals surface area contributed by atoms with Crippen LogP contribution in [0.1, 0.15) is 49.7 Å². The van der Waals surface area contributed by atoms with E-state index >= 15 is 0 Å². The van der Waals surface area contributed by atoms with Crippen LogP contribution in [0.5, 0.6) is 0 Å². The average Bonchev–Trinajstić information content (AvgIpc) is 2.54. The van der Waals surface area contributed by atoms with Crippen molar-refractivity contribution in [2.45, 2.75) is 49.4 Å². The van der Waals surface area contributed by atoms with Crippen molar-refractivity contribution < 1.29 is 13.6 Å². The van der Waals surface area contributed by atoms with Gasteiger partial charge in [-0.2, -0.15) is 5.26 Å². The Labute approximate surface area is 157 Å². The number of hydrogen-bond acceptors (Lipinski definition) is 2. The lowest BCUT2D eigenvalue weighted by Gasteiger charge is -2.39. The maximum absolute atomic E-state index is 13.0. The molecule has 1 amide bonds. The van der Waals surface area contributed by atoms with Crippen LogP contribution >= 0.6 is 0 Å². The molecule has 140 valence electrons.